The molecule has 1 aromatic rings. The Morgan fingerprint density at radius 2 is 2.26 bits per heavy atom. The lowest BCUT2D eigenvalue weighted by atomic mass is 10.1. The van der Waals surface area contributed by atoms with E-state index in [1.54, 1.807) is 6.07 Å². The monoisotopic (exact) mass is 264 g/mol. The molecule has 3 nitrogen and oxygen atoms in total. The van der Waals surface area contributed by atoms with Crippen molar-refractivity contribution in [1.82, 2.24) is 0 Å². The molecule has 2 unspecified atom stereocenters. The van der Waals surface area contributed by atoms with Gasteiger partial charge < -0.3 is 15.4 Å². The average Bonchev–Trinajstić information content (AvgIpc) is 3.00. The number of anilines is 2. The third-order valence-electron chi connectivity index (χ3n) is 4.26. The summed E-state index contributed by atoms with van der Waals surface area (Å²) in [6.07, 6.45) is 4.67. The number of rotatable bonds is 4. The van der Waals surface area contributed by atoms with E-state index in [1.807, 2.05) is 6.92 Å². The molecule has 1 heterocycles. The van der Waals surface area contributed by atoms with Crippen LogP contribution in [0.3, 0.4) is 0 Å². The molecule has 0 radical (unpaired) electrons. The second-order valence-corrected chi connectivity index (χ2v) is 5.68. The Balaban J connectivity index is 1.88. The van der Waals surface area contributed by atoms with Gasteiger partial charge in [-0.3, -0.25) is 0 Å². The maximum absolute atomic E-state index is 13.8. The average molecular weight is 264 g/mol. The lowest BCUT2D eigenvalue weighted by Gasteiger charge is -2.30. The zero-order chi connectivity index (χ0) is 13.4. The van der Waals surface area contributed by atoms with E-state index < -0.39 is 0 Å². The number of hydrogen-bond donors (Lipinski definition) is 1. The highest BCUT2D eigenvalue weighted by Crippen LogP contribution is 2.43. The Morgan fingerprint density at radius 1 is 1.42 bits per heavy atom. The fraction of sp³-hybridized carbons (Fsp3) is 0.600. The van der Waals surface area contributed by atoms with Crippen LogP contribution in [0.5, 0.6) is 5.75 Å². The van der Waals surface area contributed by atoms with Crippen molar-refractivity contribution in [3.05, 3.63) is 17.9 Å². The van der Waals surface area contributed by atoms with Crippen LogP contribution in [0.1, 0.15) is 32.6 Å². The highest BCUT2D eigenvalue weighted by Gasteiger charge is 2.38. The van der Waals surface area contributed by atoms with E-state index in [1.165, 1.54) is 25.3 Å². The zero-order valence-electron chi connectivity index (χ0n) is 11.4. The number of benzene rings is 1. The van der Waals surface area contributed by atoms with Crippen LogP contribution < -0.4 is 15.4 Å². The lowest BCUT2D eigenvalue weighted by Crippen LogP contribution is -2.32. The van der Waals surface area contributed by atoms with Gasteiger partial charge in [-0.25, -0.2) is 4.39 Å². The molecule has 19 heavy (non-hydrogen) atoms. The standard InChI is InChI=1S/C15H21FN2O/c1-2-5-19-15-8-14(13(17)7-12(15)16)18-9-10-3-4-11(18)6-10/h7-8,10-11H,2-6,9,17H2,1H3. The van der Waals surface area contributed by atoms with E-state index in [4.69, 9.17) is 10.5 Å². The number of nitrogens with two attached hydrogens (primary N) is 1. The highest BCUT2D eigenvalue weighted by atomic mass is 19.1. The smallest absolute Gasteiger partial charge is 0.167 e. The number of nitrogen functional groups attached to an aromatic ring is 1. The molecule has 1 saturated carbocycles. The van der Waals surface area contributed by atoms with Crippen LogP contribution in [0.25, 0.3) is 0 Å². The molecule has 2 atom stereocenters. The lowest BCUT2D eigenvalue weighted by molar-refractivity contribution is 0.301. The summed E-state index contributed by atoms with van der Waals surface area (Å²) in [4.78, 5) is 2.34. The van der Waals surface area contributed by atoms with Gasteiger partial charge in [-0.05, 0) is 31.6 Å². The molecule has 0 spiro atoms. The van der Waals surface area contributed by atoms with E-state index in [9.17, 15) is 4.39 Å². The minimum atomic E-state index is -0.362. The molecular weight excluding hydrogens is 243 g/mol. The van der Waals surface area contributed by atoms with E-state index in [0.29, 0.717) is 24.1 Å². The third-order valence-corrected chi connectivity index (χ3v) is 4.26. The SMILES string of the molecule is CCCOc1cc(N2CC3CCC2C3)c(N)cc1F. The second kappa shape index (κ2) is 4.91. The van der Waals surface area contributed by atoms with Gasteiger partial charge in [0.25, 0.3) is 0 Å². The van der Waals surface area contributed by atoms with Crippen molar-refractivity contribution in [3.63, 3.8) is 0 Å². The van der Waals surface area contributed by atoms with Gasteiger partial charge in [0, 0.05) is 24.7 Å². The fourth-order valence-electron chi connectivity index (χ4n) is 3.35. The predicted octanol–water partition coefficient (Wildman–Crippen LogP) is 3.19. The molecule has 2 fully saturated rings. The summed E-state index contributed by atoms with van der Waals surface area (Å²) >= 11 is 0. The van der Waals surface area contributed by atoms with Gasteiger partial charge >= 0.3 is 0 Å². The topological polar surface area (TPSA) is 38.5 Å². The predicted molar refractivity (Wildman–Crippen MR) is 75.1 cm³/mol. The molecule has 1 aromatic carbocycles. The normalized spacial score (nSPS) is 25.1. The molecule has 0 amide bonds. The fourth-order valence-corrected chi connectivity index (χ4v) is 3.35. The molecule has 0 aromatic heterocycles. The van der Waals surface area contributed by atoms with Crippen LogP contribution in [-0.2, 0) is 0 Å². The molecule has 2 aliphatic rings. The molecule has 1 saturated heterocycles. The molecule has 2 N–H and O–H groups in total. The van der Waals surface area contributed by atoms with Gasteiger partial charge in [0.15, 0.2) is 11.6 Å². The summed E-state index contributed by atoms with van der Waals surface area (Å²) in [6.45, 7) is 3.59. The Hall–Kier alpha value is -1.45. The van der Waals surface area contributed by atoms with Crippen LogP contribution in [0.15, 0.2) is 12.1 Å². The number of piperidine rings is 1. The van der Waals surface area contributed by atoms with Gasteiger partial charge in [-0.15, -0.1) is 0 Å². The van der Waals surface area contributed by atoms with Crippen LogP contribution >= 0.6 is 0 Å². The molecule has 2 bridgehead atoms. The molecule has 104 valence electrons. The molecule has 4 heteroatoms. The maximum atomic E-state index is 13.8. The number of ether oxygens (including phenoxy) is 1. The summed E-state index contributed by atoms with van der Waals surface area (Å²) in [6, 6.07) is 3.75. The highest BCUT2D eigenvalue weighted by molar-refractivity contribution is 5.71. The second-order valence-electron chi connectivity index (χ2n) is 5.68. The molecule has 3 rings (SSSR count). The van der Waals surface area contributed by atoms with Gasteiger partial charge in [0.1, 0.15) is 0 Å². The minimum absolute atomic E-state index is 0.328. The first-order chi connectivity index (χ1) is 9.19. The van der Waals surface area contributed by atoms with Crippen molar-refractivity contribution in [2.75, 3.05) is 23.8 Å². The summed E-state index contributed by atoms with van der Waals surface area (Å²) in [5.41, 5.74) is 7.46. The van der Waals surface area contributed by atoms with Gasteiger partial charge in [-0.2, -0.15) is 0 Å². The number of nitrogens with zero attached hydrogens (tertiary/aromatic N) is 1. The van der Waals surface area contributed by atoms with E-state index >= 15 is 0 Å². The van der Waals surface area contributed by atoms with Crippen LogP contribution in [-0.4, -0.2) is 19.2 Å². The van der Waals surface area contributed by atoms with Crippen molar-refractivity contribution in [2.24, 2.45) is 5.92 Å². The summed E-state index contributed by atoms with van der Waals surface area (Å²) in [5.74, 6) is 0.752. The number of hydrogen-bond acceptors (Lipinski definition) is 3. The maximum Gasteiger partial charge on any atom is 0.167 e. The van der Waals surface area contributed by atoms with Crippen molar-refractivity contribution in [3.8, 4) is 5.75 Å². The molecule has 1 aliphatic carbocycles. The first kappa shape index (κ1) is 12.6. The van der Waals surface area contributed by atoms with Crippen molar-refractivity contribution >= 4 is 11.4 Å². The van der Waals surface area contributed by atoms with Crippen molar-refractivity contribution in [1.29, 1.82) is 0 Å². The summed E-state index contributed by atoms with van der Waals surface area (Å²) in [7, 11) is 0. The Kier molecular flexibility index (Phi) is 3.25. The first-order valence-electron chi connectivity index (χ1n) is 7.17. The quantitative estimate of drug-likeness (QED) is 0.849. The Labute approximate surface area is 113 Å². The van der Waals surface area contributed by atoms with E-state index in [-0.39, 0.29) is 5.82 Å². The molecule has 1 aliphatic heterocycles. The van der Waals surface area contributed by atoms with Gasteiger partial charge in [-0.1, -0.05) is 6.92 Å². The Morgan fingerprint density at radius 3 is 2.89 bits per heavy atom. The Bertz CT molecular complexity index is 477. The number of halogens is 1. The van der Waals surface area contributed by atoms with E-state index in [2.05, 4.69) is 4.90 Å². The zero-order valence-corrected chi connectivity index (χ0v) is 11.4. The van der Waals surface area contributed by atoms with Crippen LogP contribution in [0.4, 0.5) is 15.8 Å². The van der Waals surface area contributed by atoms with Crippen LogP contribution in [0.2, 0.25) is 0 Å². The van der Waals surface area contributed by atoms with Crippen molar-refractivity contribution < 1.29 is 9.13 Å². The van der Waals surface area contributed by atoms with Gasteiger partial charge in [0.05, 0.1) is 18.0 Å². The third kappa shape index (κ3) is 2.24. The minimum Gasteiger partial charge on any atom is -0.490 e. The summed E-state index contributed by atoms with van der Waals surface area (Å²) < 4.78 is 19.3. The van der Waals surface area contributed by atoms with E-state index in [0.717, 1.165) is 24.6 Å². The number of fused-ring (bicyclic) bond motifs is 2. The first-order valence-corrected chi connectivity index (χ1v) is 7.17. The van der Waals surface area contributed by atoms with Crippen LogP contribution in [0, 0.1) is 11.7 Å². The van der Waals surface area contributed by atoms with Gasteiger partial charge in [0.2, 0.25) is 0 Å². The largest absolute Gasteiger partial charge is 0.490 e. The molecular formula is C15H21FN2O. The van der Waals surface area contributed by atoms with Crippen molar-refractivity contribution in [2.45, 2.75) is 38.6 Å². The summed E-state index contributed by atoms with van der Waals surface area (Å²) in [5, 5.41) is 0.